The van der Waals surface area contributed by atoms with Crippen LogP contribution >= 0.6 is 11.8 Å². The number of ether oxygens (including phenoxy) is 1. The van der Waals surface area contributed by atoms with Gasteiger partial charge in [-0.1, -0.05) is 24.8 Å². The summed E-state index contributed by atoms with van der Waals surface area (Å²) in [7, 11) is 0. The average Bonchev–Trinajstić information content (AvgIpc) is 3.08. The molecular weight excluding hydrogens is 352 g/mol. The second-order valence-corrected chi connectivity index (χ2v) is 6.40. The Hall–Kier alpha value is -2.87. The third-order valence-electron chi connectivity index (χ3n) is 3.46. The summed E-state index contributed by atoms with van der Waals surface area (Å²) in [6.07, 6.45) is 2.63. The maximum absolute atomic E-state index is 12.1. The maximum Gasteiger partial charge on any atom is 0.338 e. The summed E-state index contributed by atoms with van der Waals surface area (Å²) in [5.41, 5.74) is 1.82. The monoisotopic (exact) mass is 370 g/mol. The van der Waals surface area contributed by atoms with Gasteiger partial charge in [-0.3, -0.25) is 9.20 Å². The highest BCUT2D eigenvalue weighted by Crippen LogP contribution is 2.17. The largest absolute Gasteiger partial charge is 0.462 e. The van der Waals surface area contributed by atoms with Crippen molar-refractivity contribution in [1.82, 2.24) is 14.6 Å². The zero-order chi connectivity index (χ0) is 18.4. The van der Waals surface area contributed by atoms with Crippen molar-refractivity contribution in [2.45, 2.75) is 18.5 Å². The standard InChI is InChI=1S/C18H18N4O3S/c1-2-11-25-17(24)13-6-8-14(9-7-13)19-16(23)12-26-18-21-20-15-5-3-4-10-22(15)18/h3-10H,2,11-12H2,1H3,(H,19,23). The minimum Gasteiger partial charge on any atom is -0.462 e. The van der Waals surface area contributed by atoms with Crippen LogP contribution in [0.4, 0.5) is 5.69 Å². The summed E-state index contributed by atoms with van der Waals surface area (Å²) in [5.74, 6) is -0.321. The SMILES string of the molecule is CCCOC(=O)c1ccc(NC(=O)CSc2nnc3ccccn23)cc1. The topological polar surface area (TPSA) is 85.6 Å². The second kappa shape index (κ2) is 8.48. The van der Waals surface area contributed by atoms with Crippen molar-refractivity contribution in [3.05, 3.63) is 54.2 Å². The average molecular weight is 370 g/mol. The van der Waals surface area contributed by atoms with Gasteiger partial charge in [0.25, 0.3) is 0 Å². The van der Waals surface area contributed by atoms with Gasteiger partial charge in [-0.25, -0.2) is 4.79 Å². The van der Waals surface area contributed by atoms with Crippen molar-refractivity contribution in [1.29, 1.82) is 0 Å². The molecule has 2 heterocycles. The van der Waals surface area contributed by atoms with Gasteiger partial charge in [0.15, 0.2) is 10.8 Å². The van der Waals surface area contributed by atoms with Crippen LogP contribution in [0.5, 0.6) is 0 Å². The fraction of sp³-hybridized carbons (Fsp3) is 0.222. The van der Waals surface area contributed by atoms with Crippen LogP contribution < -0.4 is 5.32 Å². The van der Waals surface area contributed by atoms with Crippen LogP contribution in [0.1, 0.15) is 23.7 Å². The molecule has 8 heteroatoms. The number of fused-ring (bicyclic) bond motifs is 1. The first-order chi connectivity index (χ1) is 12.7. The van der Waals surface area contributed by atoms with E-state index < -0.39 is 0 Å². The molecule has 1 aromatic carbocycles. The number of pyridine rings is 1. The van der Waals surface area contributed by atoms with Crippen molar-refractivity contribution >= 4 is 35.0 Å². The third-order valence-corrected chi connectivity index (χ3v) is 4.40. The molecule has 0 unspecified atom stereocenters. The van der Waals surface area contributed by atoms with Gasteiger partial charge in [0.1, 0.15) is 0 Å². The van der Waals surface area contributed by atoms with E-state index in [1.807, 2.05) is 35.7 Å². The van der Waals surface area contributed by atoms with Crippen LogP contribution in [0.25, 0.3) is 5.65 Å². The van der Waals surface area contributed by atoms with Gasteiger partial charge in [0.2, 0.25) is 5.91 Å². The fourth-order valence-corrected chi connectivity index (χ4v) is 2.94. The Bertz CT molecular complexity index is 908. The molecule has 0 radical (unpaired) electrons. The molecule has 26 heavy (non-hydrogen) atoms. The highest BCUT2D eigenvalue weighted by atomic mass is 32.2. The molecule has 3 rings (SSSR count). The van der Waals surface area contributed by atoms with Crippen molar-refractivity contribution in [2.75, 3.05) is 17.7 Å². The summed E-state index contributed by atoms with van der Waals surface area (Å²) in [6.45, 7) is 2.33. The Morgan fingerprint density at radius 2 is 1.96 bits per heavy atom. The Morgan fingerprint density at radius 1 is 1.15 bits per heavy atom. The molecule has 2 aromatic heterocycles. The minimum atomic E-state index is -0.362. The van der Waals surface area contributed by atoms with Crippen molar-refractivity contribution in [2.24, 2.45) is 0 Å². The highest BCUT2D eigenvalue weighted by Gasteiger charge is 2.10. The molecule has 7 nitrogen and oxygen atoms in total. The maximum atomic E-state index is 12.1. The summed E-state index contributed by atoms with van der Waals surface area (Å²) in [5, 5.41) is 11.6. The van der Waals surface area contributed by atoms with E-state index in [9.17, 15) is 9.59 Å². The number of rotatable bonds is 7. The third kappa shape index (κ3) is 4.40. The number of benzene rings is 1. The molecule has 0 bridgehead atoms. The molecule has 0 spiro atoms. The van der Waals surface area contributed by atoms with Crippen molar-refractivity contribution in [3.8, 4) is 0 Å². The molecule has 0 aliphatic heterocycles. The number of carbonyl (C=O) groups excluding carboxylic acids is 2. The number of hydrogen-bond donors (Lipinski definition) is 1. The summed E-state index contributed by atoms with van der Waals surface area (Å²) in [6, 6.07) is 12.2. The molecule has 0 saturated carbocycles. The Labute approximate surface area is 154 Å². The number of anilines is 1. The van der Waals surface area contributed by atoms with E-state index >= 15 is 0 Å². The fourth-order valence-electron chi connectivity index (χ4n) is 2.21. The predicted molar refractivity (Wildman–Crippen MR) is 99.4 cm³/mol. The number of carbonyl (C=O) groups is 2. The van der Waals surface area contributed by atoms with Crippen molar-refractivity contribution < 1.29 is 14.3 Å². The van der Waals surface area contributed by atoms with E-state index in [1.165, 1.54) is 11.8 Å². The molecule has 134 valence electrons. The lowest BCUT2D eigenvalue weighted by molar-refractivity contribution is -0.113. The molecule has 0 aliphatic rings. The molecule has 0 aliphatic carbocycles. The summed E-state index contributed by atoms with van der Waals surface area (Å²) >= 11 is 1.30. The first-order valence-electron chi connectivity index (χ1n) is 8.17. The first kappa shape index (κ1) is 17.9. The molecular formula is C18H18N4O3S. The molecule has 0 atom stereocenters. The zero-order valence-corrected chi connectivity index (χ0v) is 15.0. The van der Waals surface area contributed by atoms with E-state index in [4.69, 9.17) is 4.74 Å². The van der Waals surface area contributed by atoms with E-state index in [0.29, 0.717) is 23.0 Å². The summed E-state index contributed by atoms with van der Waals surface area (Å²) in [4.78, 5) is 23.9. The van der Waals surface area contributed by atoms with Crippen LogP contribution in [0.3, 0.4) is 0 Å². The number of aromatic nitrogens is 3. The van der Waals surface area contributed by atoms with E-state index in [0.717, 1.165) is 12.1 Å². The second-order valence-electron chi connectivity index (χ2n) is 5.46. The van der Waals surface area contributed by atoms with Gasteiger partial charge in [-0.2, -0.15) is 0 Å². The number of thioether (sulfide) groups is 1. The van der Waals surface area contributed by atoms with Gasteiger partial charge < -0.3 is 10.1 Å². The lowest BCUT2D eigenvalue weighted by atomic mass is 10.2. The minimum absolute atomic E-state index is 0.163. The Balaban J connectivity index is 1.54. The quantitative estimate of drug-likeness (QED) is 0.508. The van der Waals surface area contributed by atoms with Crippen molar-refractivity contribution in [3.63, 3.8) is 0 Å². The van der Waals surface area contributed by atoms with E-state index in [-0.39, 0.29) is 17.6 Å². The lowest BCUT2D eigenvalue weighted by Gasteiger charge is -2.06. The lowest BCUT2D eigenvalue weighted by Crippen LogP contribution is -2.14. The van der Waals surface area contributed by atoms with Crippen LogP contribution in [-0.4, -0.2) is 38.8 Å². The molecule has 1 N–H and O–H groups in total. The summed E-state index contributed by atoms with van der Waals surface area (Å²) < 4.78 is 6.90. The predicted octanol–water partition coefficient (Wildman–Crippen LogP) is 3.03. The number of nitrogens with one attached hydrogen (secondary N) is 1. The number of nitrogens with zero attached hydrogens (tertiary/aromatic N) is 3. The van der Waals surface area contributed by atoms with Gasteiger partial charge in [0, 0.05) is 11.9 Å². The van der Waals surface area contributed by atoms with Crippen LogP contribution in [-0.2, 0) is 9.53 Å². The van der Waals surface area contributed by atoms with Gasteiger partial charge >= 0.3 is 5.97 Å². The number of hydrogen-bond acceptors (Lipinski definition) is 6. The van der Waals surface area contributed by atoms with Crippen LogP contribution in [0.15, 0.2) is 53.8 Å². The first-order valence-corrected chi connectivity index (χ1v) is 9.15. The van der Waals surface area contributed by atoms with E-state index in [2.05, 4.69) is 15.5 Å². The van der Waals surface area contributed by atoms with Crippen LogP contribution in [0.2, 0.25) is 0 Å². The van der Waals surface area contributed by atoms with Gasteiger partial charge in [-0.15, -0.1) is 10.2 Å². The molecule has 0 fully saturated rings. The normalized spacial score (nSPS) is 10.7. The number of esters is 1. The molecule has 1 amide bonds. The van der Waals surface area contributed by atoms with Gasteiger partial charge in [-0.05, 0) is 42.8 Å². The highest BCUT2D eigenvalue weighted by molar-refractivity contribution is 7.99. The van der Waals surface area contributed by atoms with Crippen LogP contribution in [0, 0.1) is 0 Å². The van der Waals surface area contributed by atoms with Gasteiger partial charge in [0.05, 0.1) is 17.9 Å². The molecule has 3 aromatic rings. The Kier molecular flexibility index (Phi) is 5.85. The number of amides is 1. The Morgan fingerprint density at radius 3 is 2.73 bits per heavy atom. The molecule has 0 saturated heterocycles. The van der Waals surface area contributed by atoms with E-state index in [1.54, 1.807) is 24.3 Å². The smallest absolute Gasteiger partial charge is 0.338 e. The zero-order valence-electron chi connectivity index (χ0n) is 14.2.